The summed E-state index contributed by atoms with van der Waals surface area (Å²) in [4.78, 5) is 32.2. The number of ether oxygens (including phenoxy) is 3. The van der Waals surface area contributed by atoms with E-state index in [2.05, 4.69) is 40.7 Å². The van der Waals surface area contributed by atoms with Crippen LogP contribution in [0.1, 0.15) is 120 Å². The maximum Gasteiger partial charge on any atom is 0.365 e. The van der Waals surface area contributed by atoms with Crippen LogP contribution in [0.3, 0.4) is 0 Å². The molecule has 0 bridgehead atoms. The van der Waals surface area contributed by atoms with Gasteiger partial charge in [-0.2, -0.15) is 0 Å². The Labute approximate surface area is 291 Å². The second-order valence-corrected chi connectivity index (χ2v) is 16.5. The van der Waals surface area contributed by atoms with Gasteiger partial charge in [0.25, 0.3) is 0 Å². The van der Waals surface area contributed by atoms with Crippen molar-refractivity contribution >= 4 is 17.7 Å². The zero-order chi connectivity index (χ0) is 34.3. The van der Waals surface area contributed by atoms with Crippen LogP contribution >= 0.6 is 0 Å². The van der Waals surface area contributed by atoms with Crippen molar-refractivity contribution in [2.75, 3.05) is 6.79 Å². The fourth-order valence-corrected chi connectivity index (χ4v) is 10.6. The molecule has 0 aromatic heterocycles. The first-order valence-corrected chi connectivity index (χ1v) is 18.7. The third kappa shape index (κ3) is 6.43. The van der Waals surface area contributed by atoms with Crippen molar-refractivity contribution in [2.24, 2.45) is 51.5 Å². The lowest BCUT2D eigenvalue weighted by molar-refractivity contribution is -0.0354. The zero-order valence-corrected chi connectivity index (χ0v) is 29.9. The number of carbonyl (C=O) groups excluding carboxylic acids is 2. The average Bonchev–Trinajstić information content (AvgIpc) is 3.71. The predicted octanol–water partition coefficient (Wildman–Crippen LogP) is 9.80. The Bertz CT molecular complexity index is 1610. The van der Waals surface area contributed by atoms with E-state index in [1.807, 2.05) is 18.2 Å². The van der Waals surface area contributed by atoms with Gasteiger partial charge in [0.1, 0.15) is 6.10 Å². The van der Waals surface area contributed by atoms with E-state index in [-0.39, 0.29) is 35.6 Å². The molecule has 3 fully saturated rings. The molecule has 2 aromatic carbocycles. The molecule has 0 spiro atoms. The van der Waals surface area contributed by atoms with Crippen molar-refractivity contribution in [2.45, 2.75) is 105 Å². The first-order chi connectivity index (χ1) is 23.6. The fraction of sp³-hybridized carbons (Fsp3) is 0.595. The Hall–Kier alpha value is -3.61. The van der Waals surface area contributed by atoms with Gasteiger partial charge in [0, 0.05) is 12.3 Å². The van der Waals surface area contributed by atoms with Crippen LogP contribution in [0.5, 0.6) is 11.5 Å². The van der Waals surface area contributed by atoms with Gasteiger partial charge in [0.05, 0.1) is 16.8 Å². The molecule has 7 rings (SSSR count). The van der Waals surface area contributed by atoms with Crippen LogP contribution in [-0.2, 0) is 9.57 Å². The molecule has 262 valence electrons. The number of hydrogen-bond acceptors (Lipinski definition) is 7. The van der Waals surface area contributed by atoms with Gasteiger partial charge in [-0.15, -0.1) is 0 Å². The maximum absolute atomic E-state index is 13.4. The van der Waals surface area contributed by atoms with Gasteiger partial charge in [-0.3, -0.25) is 0 Å². The SMILES string of the molecule is CC(C)CCC[C@@H](C)[C@H]1CC[C@H]2[C@@H]3/C(=N/OC(=O)c4ccc5c(c4)OCO5)C=C4C[C@@H](OC(=O)c5ccccc5)CC[C@]4(C)[C@H]3CC[C@]12C. The molecular formula is C42H53NO6. The molecule has 8 atom stereocenters. The van der Waals surface area contributed by atoms with Crippen molar-refractivity contribution in [1.29, 1.82) is 0 Å². The molecule has 0 unspecified atom stereocenters. The average molecular weight is 668 g/mol. The van der Waals surface area contributed by atoms with Crippen LogP contribution in [-0.4, -0.2) is 30.5 Å². The Morgan fingerprint density at radius 1 is 0.878 bits per heavy atom. The Morgan fingerprint density at radius 2 is 1.67 bits per heavy atom. The Balaban J connectivity index is 1.17. The lowest BCUT2D eigenvalue weighted by atomic mass is 9.46. The first kappa shape index (κ1) is 33.9. The van der Waals surface area contributed by atoms with Gasteiger partial charge in [0.15, 0.2) is 11.5 Å². The number of esters is 1. The molecule has 0 N–H and O–H groups in total. The fourth-order valence-electron chi connectivity index (χ4n) is 10.6. The van der Waals surface area contributed by atoms with E-state index in [9.17, 15) is 9.59 Å². The first-order valence-electron chi connectivity index (χ1n) is 18.7. The number of rotatable bonds is 9. The van der Waals surface area contributed by atoms with Crippen LogP contribution in [0.4, 0.5) is 0 Å². The second-order valence-electron chi connectivity index (χ2n) is 16.5. The van der Waals surface area contributed by atoms with Crippen molar-refractivity contribution < 1.29 is 28.6 Å². The molecule has 0 amide bonds. The molecule has 2 aromatic rings. The molecular weight excluding hydrogens is 614 g/mol. The van der Waals surface area contributed by atoms with E-state index in [0.29, 0.717) is 52.7 Å². The topological polar surface area (TPSA) is 83.4 Å². The zero-order valence-electron chi connectivity index (χ0n) is 29.9. The van der Waals surface area contributed by atoms with E-state index in [1.165, 1.54) is 44.1 Å². The highest BCUT2D eigenvalue weighted by Gasteiger charge is 2.61. The molecule has 0 saturated heterocycles. The molecule has 7 heteroatoms. The largest absolute Gasteiger partial charge is 0.458 e. The van der Waals surface area contributed by atoms with Crippen LogP contribution in [0.15, 0.2) is 65.3 Å². The minimum atomic E-state index is -0.506. The molecule has 7 nitrogen and oxygen atoms in total. The second kappa shape index (κ2) is 13.6. The number of fused-ring (bicyclic) bond motifs is 6. The van der Waals surface area contributed by atoms with Gasteiger partial charge >= 0.3 is 11.9 Å². The molecule has 4 aliphatic carbocycles. The number of benzene rings is 2. The molecule has 49 heavy (non-hydrogen) atoms. The highest BCUT2D eigenvalue weighted by atomic mass is 16.7. The van der Waals surface area contributed by atoms with Crippen LogP contribution in [0.2, 0.25) is 0 Å². The summed E-state index contributed by atoms with van der Waals surface area (Å²) in [5.74, 6) is 3.60. The number of carbonyl (C=O) groups is 2. The molecule has 1 aliphatic heterocycles. The van der Waals surface area contributed by atoms with Crippen LogP contribution in [0, 0.1) is 46.3 Å². The highest BCUT2D eigenvalue weighted by molar-refractivity contribution is 6.00. The molecule has 3 saturated carbocycles. The molecule has 0 radical (unpaired) electrons. The standard InChI is InChI=1S/C42H53NO6/c1-26(2)10-9-11-27(3)32-15-16-33-38-34(19-21-42(32,33)5)41(4)20-18-31(48-39(44)28-12-7-6-8-13-28)23-30(41)24-35(38)43-49-40(45)29-14-17-36-37(22-29)47-25-46-36/h6-8,12-14,17,22,24,26-27,31-34,38H,9-11,15-16,18-21,23,25H2,1-5H3/b43-35+/t27-,31+,32-,33+,34+,38+,41+,42-/m1/s1. The number of oxime groups is 1. The van der Waals surface area contributed by atoms with Gasteiger partial charge < -0.3 is 19.0 Å². The predicted molar refractivity (Wildman–Crippen MR) is 189 cm³/mol. The van der Waals surface area contributed by atoms with Crippen molar-refractivity contribution in [3.8, 4) is 11.5 Å². The van der Waals surface area contributed by atoms with E-state index in [0.717, 1.165) is 30.9 Å². The third-order valence-corrected chi connectivity index (χ3v) is 13.2. The summed E-state index contributed by atoms with van der Waals surface area (Å²) in [5, 5.41) is 4.73. The summed E-state index contributed by atoms with van der Waals surface area (Å²) in [7, 11) is 0. The van der Waals surface area contributed by atoms with E-state index in [1.54, 1.807) is 30.3 Å². The lowest BCUT2D eigenvalue weighted by Gasteiger charge is -2.58. The third-order valence-electron chi connectivity index (χ3n) is 13.2. The van der Waals surface area contributed by atoms with Crippen LogP contribution < -0.4 is 9.47 Å². The van der Waals surface area contributed by atoms with E-state index in [4.69, 9.17) is 24.2 Å². The number of nitrogens with zero attached hydrogens (tertiary/aromatic N) is 1. The highest BCUT2D eigenvalue weighted by Crippen LogP contribution is 2.67. The number of hydrogen-bond donors (Lipinski definition) is 0. The summed E-state index contributed by atoms with van der Waals surface area (Å²) >= 11 is 0. The summed E-state index contributed by atoms with van der Waals surface area (Å²) in [6, 6.07) is 14.3. The maximum atomic E-state index is 13.4. The number of allylic oxidation sites excluding steroid dienone is 1. The summed E-state index contributed by atoms with van der Waals surface area (Å²) in [5.41, 5.74) is 3.32. The Kier molecular flexibility index (Phi) is 9.40. The molecule has 1 heterocycles. The smallest absolute Gasteiger partial charge is 0.365 e. The lowest BCUT2D eigenvalue weighted by Crippen LogP contribution is -2.54. The Morgan fingerprint density at radius 3 is 2.47 bits per heavy atom. The summed E-state index contributed by atoms with van der Waals surface area (Å²) < 4.78 is 17.0. The van der Waals surface area contributed by atoms with Gasteiger partial charge in [-0.05, 0) is 115 Å². The van der Waals surface area contributed by atoms with Crippen molar-refractivity contribution in [3.63, 3.8) is 0 Å². The van der Waals surface area contributed by atoms with Crippen molar-refractivity contribution in [1.82, 2.24) is 0 Å². The molecule has 5 aliphatic rings. The van der Waals surface area contributed by atoms with Crippen molar-refractivity contribution in [3.05, 3.63) is 71.3 Å². The van der Waals surface area contributed by atoms with E-state index >= 15 is 0 Å². The summed E-state index contributed by atoms with van der Waals surface area (Å²) in [6.07, 6.45) is 13.2. The monoisotopic (exact) mass is 667 g/mol. The van der Waals surface area contributed by atoms with E-state index < -0.39 is 5.97 Å². The minimum absolute atomic E-state index is 0.0109. The van der Waals surface area contributed by atoms with Crippen LogP contribution in [0.25, 0.3) is 0 Å². The quantitative estimate of drug-likeness (QED) is 0.150. The normalized spacial score (nSPS) is 32.9. The minimum Gasteiger partial charge on any atom is -0.458 e. The van der Waals surface area contributed by atoms with Gasteiger partial charge in [-0.25, -0.2) is 9.59 Å². The van der Waals surface area contributed by atoms with Gasteiger partial charge in [0.2, 0.25) is 6.79 Å². The summed E-state index contributed by atoms with van der Waals surface area (Å²) in [6.45, 7) is 12.3. The van der Waals surface area contributed by atoms with Gasteiger partial charge in [-0.1, -0.05) is 82.8 Å².